The third-order valence-corrected chi connectivity index (χ3v) is 5.26. The Labute approximate surface area is 160 Å². The first-order valence-corrected chi connectivity index (χ1v) is 9.88. The zero-order valence-corrected chi connectivity index (χ0v) is 16.1. The minimum absolute atomic E-state index is 0.125. The molecule has 0 saturated carbocycles. The molecule has 140 valence electrons. The molecule has 1 atom stereocenters. The van der Waals surface area contributed by atoms with E-state index >= 15 is 0 Å². The van der Waals surface area contributed by atoms with E-state index in [1.807, 2.05) is 41.3 Å². The summed E-state index contributed by atoms with van der Waals surface area (Å²) in [4.78, 5) is 24.3. The molecule has 1 unspecified atom stereocenters. The molecule has 0 bridgehead atoms. The predicted molar refractivity (Wildman–Crippen MR) is 108 cm³/mol. The van der Waals surface area contributed by atoms with Gasteiger partial charge in [-0.25, -0.2) is 9.97 Å². The first-order chi connectivity index (χ1) is 13.2. The largest absolute Gasteiger partial charge is 0.338 e. The fourth-order valence-electron chi connectivity index (χ4n) is 3.96. The highest BCUT2D eigenvalue weighted by molar-refractivity contribution is 5.95. The van der Waals surface area contributed by atoms with Crippen LogP contribution in [0.1, 0.15) is 43.5 Å². The Balaban J connectivity index is 1.71. The highest BCUT2D eigenvalue weighted by Gasteiger charge is 2.22. The molecule has 1 amide bonds. The van der Waals surface area contributed by atoms with Crippen molar-refractivity contribution in [1.29, 1.82) is 0 Å². The monoisotopic (exact) mass is 362 g/mol. The van der Waals surface area contributed by atoms with Crippen molar-refractivity contribution in [2.45, 2.75) is 39.7 Å². The molecule has 0 aliphatic carbocycles. The van der Waals surface area contributed by atoms with Crippen molar-refractivity contribution in [2.24, 2.45) is 5.92 Å². The van der Waals surface area contributed by atoms with E-state index in [1.165, 1.54) is 6.42 Å². The number of hydrogen-bond donors (Lipinski definition) is 0. The van der Waals surface area contributed by atoms with Crippen LogP contribution in [-0.2, 0) is 6.54 Å². The quantitative estimate of drug-likeness (QED) is 0.692. The lowest BCUT2D eigenvalue weighted by atomic mass is 9.99. The van der Waals surface area contributed by atoms with E-state index in [9.17, 15) is 4.79 Å². The maximum Gasteiger partial charge on any atom is 0.253 e. The molecule has 1 fully saturated rings. The van der Waals surface area contributed by atoms with Crippen LogP contribution in [0.2, 0.25) is 0 Å². The van der Waals surface area contributed by atoms with Crippen LogP contribution in [-0.4, -0.2) is 38.4 Å². The molecule has 5 nitrogen and oxygen atoms in total. The molecule has 3 heterocycles. The van der Waals surface area contributed by atoms with Gasteiger partial charge < -0.3 is 9.47 Å². The lowest BCUT2D eigenvalue weighted by Crippen LogP contribution is -2.39. The minimum atomic E-state index is 0.125. The van der Waals surface area contributed by atoms with Gasteiger partial charge in [-0.2, -0.15) is 0 Å². The number of pyridine rings is 1. The number of nitrogens with zero attached hydrogens (tertiary/aromatic N) is 4. The maximum atomic E-state index is 13.0. The molecule has 1 saturated heterocycles. The van der Waals surface area contributed by atoms with E-state index in [4.69, 9.17) is 4.98 Å². The summed E-state index contributed by atoms with van der Waals surface area (Å²) in [5.41, 5.74) is 3.50. The Kier molecular flexibility index (Phi) is 4.92. The van der Waals surface area contributed by atoms with E-state index in [2.05, 4.69) is 23.4 Å². The summed E-state index contributed by atoms with van der Waals surface area (Å²) in [6.07, 6.45) is 5.10. The Morgan fingerprint density at radius 1 is 1.26 bits per heavy atom. The molecular formula is C22H26N4O. The summed E-state index contributed by atoms with van der Waals surface area (Å²) in [5, 5.41) is 0. The molecule has 0 spiro atoms. The number of likely N-dealkylation sites (tertiary alicyclic amines) is 1. The van der Waals surface area contributed by atoms with Gasteiger partial charge >= 0.3 is 0 Å². The van der Waals surface area contributed by atoms with Crippen LogP contribution < -0.4 is 0 Å². The Morgan fingerprint density at radius 2 is 2.15 bits per heavy atom. The van der Waals surface area contributed by atoms with Gasteiger partial charge in [0.05, 0.1) is 0 Å². The number of fused-ring (bicyclic) bond motifs is 1. The average Bonchev–Trinajstić information content (AvgIpc) is 3.07. The SMILES string of the molecule is CCCn1c(-c2cccc(C(=O)N3CCCC(C)C3)c2)nc2cccnc21. The summed E-state index contributed by atoms with van der Waals surface area (Å²) in [7, 11) is 0. The summed E-state index contributed by atoms with van der Waals surface area (Å²) < 4.78 is 2.15. The Bertz CT molecular complexity index is 962. The van der Waals surface area contributed by atoms with E-state index in [0.29, 0.717) is 5.92 Å². The van der Waals surface area contributed by atoms with Gasteiger partial charge in [0.2, 0.25) is 0 Å². The third-order valence-electron chi connectivity index (χ3n) is 5.26. The Morgan fingerprint density at radius 3 is 2.96 bits per heavy atom. The normalized spacial score (nSPS) is 17.4. The van der Waals surface area contributed by atoms with E-state index in [0.717, 1.165) is 60.6 Å². The van der Waals surface area contributed by atoms with E-state index in [-0.39, 0.29) is 5.91 Å². The first-order valence-electron chi connectivity index (χ1n) is 9.88. The van der Waals surface area contributed by atoms with Crippen LogP contribution in [0.4, 0.5) is 0 Å². The van der Waals surface area contributed by atoms with Crippen molar-refractivity contribution >= 4 is 17.1 Å². The molecule has 0 N–H and O–H groups in total. The molecule has 0 radical (unpaired) electrons. The van der Waals surface area contributed by atoms with Gasteiger partial charge in [0, 0.05) is 37.0 Å². The van der Waals surface area contributed by atoms with E-state index < -0.39 is 0 Å². The van der Waals surface area contributed by atoms with Gasteiger partial charge in [-0.1, -0.05) is 26.0 Å². The number of carbonyl (C=O) groups excluding carboxylic acids is 1. The number of amides is 1. The highest BCUT2D eigenvalue weighted by atomic mass is 16.2. The smallest absolute Gasteiger partial charge is 0.253 e. The summed E-state index contributed by atoms with van der Waals surface area (Å²) >= 11 is 0. The number of rotatable bonds is 4. The molecule has 1 aromatic carbocycles. The van der Waals surface area contributed by atoms with Gasteiger partial charge in [-0.15, -0.1) is 0 Å². The number of carbonyl (C=O) groups is 1. The van der Waals surface area contributed by atoms with Gasteiger partial charge in [0.1, 0.15) is 11.3 Å². The second-order valence-corrected chi connectivity index (χ2v) is 7.51. The third kappa shape index (κ3) is 3.46. The topological polar surface area (TPSA) is 51.0 Å². The van der Waals surface area contributed by atoms with Crippen LogP contribution in [0.15, 0.2) is 42.6 Å². The van der Waals surface area contributed by atoms with Crippen LogP contribution in [0.5, 0.6) is 0 Å². The summed E-state index contributed by atoms with van der Waals surface area (Å²) in [6.45, 7) is 6.92. The van der Waals surface area contributed by atoms with Gasteiger partial charge in [0.15, 0.2) is 5.65 Å². The second-order valence-electron chi connectivity index (χ2n) is 7.51. The van der Waals surface area contributed by atoms with Gasteiger partial charge in [-0.3, -0.25) is 4.79 Å². The molecule has 4 rings (SSSR count). The molecular weight excluding hydrogens is 336 g/mol. The number of benzene rings is 1. The number of hydrogen-bond acceptors (Lipinski definition) is 3. The van der Waals surface area contributed by atoms with Crippen LogP contribution in [0.25, 0.3) is 22.6 Å². The summed E-state index contributed by atoms with van der Waals surface area (Å²) in [6, 6.07) is 11.8. The standard InChI is InChI=1S/C22H26N4O/c1-3-12-26-20(24-19-10-5-11-23-21(19)26)17-8-4-9-18(14-17)22(27)25-13-6-7-16(2)15-25/h4-5,8-11,14,16H,3,6-7,12-13,15H2,1-2H3. The van der Waals surface area contributed by atoms with E-state index in [1.54, 1.807) is 6.20 Å². The van der Waals surface area contributed by atoms with Gasteiger partial charge in [-0.05, 0) is 49.4 Å². The van der Waals surface area contributed by atoms with Crippen LogP contribution >= 0.6 is 0 Å². The zero-order valence-electron chi connectivity index (χ0n) is 16.1. The fourth-order valence-corrected chi connectivity index (χ4v) is 3.96. The van der Waals surface area contributed by atoms with Gasteiger partial charge in [0.25, 0.3) is 5.91 Å². The van der Waals surface area contributed by atoms with Crippen molar-refractivity contribution in [1.82, 2.24) is 19.4 Å². The first kappa shape index (κ1) is 17.7. The van der Waals surface area contributed by atoms with Crippen molar-refractivity contribution in [3.63, 3.8) is 0 Å². The van der Waals surface area contributed by atoms with Crippen LogP contribution in [0.3, 0.4) is 0 Å². The summed E-state index contributed by atoms with van der Waals surface area (Å²) in [5.74, 6) is 1.58. The van der Waals surface area contributed by atoms with Crippen molar-refractivity contribution in [3.8, 4) is 11.4 Å². The lowest BCUT2D eigenvalue weighted by molar-refractivity contribution is 0.0683. The predicted octanol–water partition coefficient (Wildman–Crippen LogP) is 4.38. The number of aryl methyl sites for hydroxylation is 1. The lowest BCUT2D eigenvalue weighted by Gasteiger charge is -2.31. The number of piperidine rings is 1. The fraction of sp³-hybridized carbons (Fsp3) is 0.409. The van der Waals surface area contributed by atoms with Crippen molar-refractivity contribution < 1.29 is 4.79 Å². The van der Waals surface area contributed by atoms with Crippen molar-refractivity contribution in [3.05, 3.63) is 48.2 Å². The molecule has 5 heteroatoms. The highest BCUT2D eigenvalue weighted by Crippen LogP contribution is 2.26. The average molecular weight is 362 g/mol. The second kappa shape index (κ2) is 7.51. The Hall–Kier alpha value is -2.69. The van der Waals surface area contributed by atoms with Crippen LogP contribution in [0, 0.1) is 5.92 Å². The maximum absolute atomic E-state index is 13.0. The number of aromatic nitrogens is 3. The molecule has 27 heavy (non-hydrogen) atoms. The van der Waals surface area contributed by atoms with Crippen molar-refractivity contribution in [2.75, 3.05) is 13.1 Å². The number of imidazole rings is 1. The molecule has 1 aliphatic heterocycles. The molecule has 1 aliphatic rings. The zero-order chi connectivity index (χ0) is 18.8. The molecule has 2 aromatic heterocycles. The minimum Gasteiger partial charge on any atom is -0.338 e. The molecule has 3 aromatic rings.